The molecule has 2 N–H and O–H groups in total. The summed E-state index contributed by atoms with van der Waals surface area (Å²) in [6.45, 7) is 2.94. The van der Waals surface area contributed by atoms with Gasteiger partial charge in [-0.25, -0.2) is 0 Å². The Bertz CT molecular complexity index is 222. The monoisotopic (exact) mass is 233 g/mol. The van der Waals surface area contributed by atoms with Crippen LogP contribution in [0.25, 0.3) is 0 Å². The second-order valence-electron chi connectivity index (χ2n) is 2.79. The van der Waals surface area contributed by atoms with Gasteiger partial charge >= 0.3 is 0 Å². The second kappa shape index (κ2) is 4.24. The Labute approximate surface area is 79.7 Å². The molecule has 1 heterocycles. The van der Waals surface area contributed by atoms with Gasteiger partial charge in [-0.05, 0) is 45.8 Å². The first kappa shape index (κ1) is 9.23. The van der Waals surface area contributed by atoms with Crippen LogP contribution in [-0.2, 0) is 6.42 Å². The molecule has 0 aromatic carbocycles. The van der Waals surface area contributed by atoms with Crippen LogP contribution in [0.15, 0.2) is 15.2 Å². The zero-order chi connectivity index (χ0) is 8.27. The number of hydrogen-bond donors (Lipinski definition) is 1. The first-order chi connectivity index (χ1) is 5.24. The van der Waals surface area contributed by atoms with Gasteiger partial charge in [0.2, 0.25) is 0 Å². The van der Waals surface area contributed by atoms with E-state index in [1.807, 2.05) is 0 Å². The summed E-state index contributed by atoms with van der Waals surface area (Å²) in [5, 5.41) is 4.29. The van der Waals surface area contributed by atoms with Crippen molar-refractivity contribution in [1.29, 1.82) is 0 Å². The minimum absolute atomic E-state index is 0.584. The molecular weight excluding hydrogens is 222 g/mol. The lowest BCUT2D eigenvalue weighted by Gasteiger charge is -2.06. The van der Waals surface area contributed by atoms with E-state index < -0.39 is 0 Å². The number of hydrogen-bond acceptors (Lipinski definition) is 2. The van der Waals surface area contributed by atoms with E-state index in [4.69, 9.17) is 5.73 Å². The molecule has 1 rings (SSSR count). The molecular formula is C8H12BrNS. The smallest absolute Gasteiger partial charge is 0.0314 e. The Morgan fingerprint density at radius 2 is 2.36 bits per heavy atom. The average Bonchev–Trinajstić information content (AvgIpc) is 2.37. The zero-order valence-electron chi connectivity index (χ0n) is 6.51. The molecule has 1 aromatic heterocycles. The van der Waals surface area contributed by atoms with E-state index in [1.165, 1.54) is 10.0 Å². The van der Waals surface area contributed by atoms with Crippen LogP contribution in [-0.4, -0.2) is 6.54 Å². The third-order valence-corrected chi connectivity index (χ3v) is 3.49. The van der Waals surface area contributed by atoms with Crippen molar-refractivity contribution in [2.75, 3.05) is 6.54 Å². The topological polar surface area (TPSA) is 26.0 Å². The van der Waals surface area contributed by atoms with E-state index in [0.29, 0.717) is 5.92 Å². The molecule has 1 aromatic rings. The van der Waals surface area contributed by atoms with Gasteiger partial charge in [0.15, 0.2) is 0 Å². The van der Waals surface area contributed by atoms with Gasteiger partial charge in [-0.1, -0.05) is 6.92 Å². The lowest BCUT2D eigenvalue weighted by atomic mass is 10.0. The third kappa shape index (κ3) is 2.58. The highest BCUT2D eigenvalue weighted by Gasteiger charge is 2.04. The van der Waals surface area contributed by atoms with Crippen LogP contribution < -0.4 is 5.73 Å². The fourth-order valence-corrected chi connectivity index (χ4v) is 2.39. The molecule has 0 bridgehead atoms. The lowest BCUT2D eigenvalue weighted by molar-refractivity contribution is 0.593. The zero-order valence-corrected chi connectivity index (χ0v) is 8.91. The average molecular weight is 234 g/mol. The van der Waals surface area contributed by atoms with Gasteiger partial charge in [0.05, 0.1) is 0 Å². The molecule has 0 amide bonds. The maximum atomic E-state index is 5.53. The van der Waals surface area contributed by atoms with Crippen molar-refractivity contribution < 1.29 is 0 Å². The number of thiophene rings is 1. The van der Waals surface area contributed by atoms with Crippen molar-refractivity contribution in [1.82, 2.24) is 0 Å². The fraction of sp³-hybridized carbons (Fsp3) is 0.500. The number of nitrogens with two attached hydrogens (primary N) is 1. The predicted octanol–water partition coefficient (Wildman–Crippen LogP) is 2.65. The number of halogens is 1. The maximum absolute atomic E-state index is 5.53. The van der Waals surface area contributed by atoms with E-state index in [-0.39, 0.29) is 0 Å². The van der Waals surface area contributed by atoms with Crippen molar-refractivity contribution in [3.05, 3.63) is 20.8 Å². The lowest BCUT2D eigenvalue weighted by Crippen LogP contribution is -2.12. The standard InChI is InChI=1S/C8H12BrNS/c1-6(3-10)2-7-4-11-5-8(7)9/h4-6H,2-3,10H2,1H3. The Morgan fingerprint density at radius 3 is 2.82 bits per heavy atom. The molecule has 0 spiro atoms. The molecule has 1 unspecified atom stereocenters. The van der Waals surface area contributed by atoms with Gasteiger partial charge in [-0.3, -0.25) is 0 Å². The summed E-state index contributed by atoms with van der Waals surface area (Å²) in [6.07, 6.45) is 1.08. The third-order valence-electron chi connectivity index (χ3n) is 1.66. The van der Waals surface area contributed by atoms with Crippen LogP contribution in [0, 0.1) is 5.92 Å². The highest BCUT2D eigenvalue weighted by Crippen LogP contribution is 2.23. The van der Waals surface area contributed by atoms with Crippen molar-refractivity contribution in [2.45, 2.75) is 13.3 Å². The first-order valence-corrected chi connectivity index (χ1v) is 5.38. The van der Waals surface area contributed by atoms with Crippen LogP contribution in [0.2, 0.25) is 0 Å². The normalized spacial score (nSPS) is 13.4. The van der Waals surface area contributed by atoms with Crippen LogP contribution in [0.5, 0.6) is 0 Å². The molecule has 11 heavy (non-hydrogen) atoms. The summed E-state index contributed by atoms with van der Waals surface area (Å²) < 4.78 is 1.22. The highest BCUT2D eigenvalue weighted by molar-refractivity contribution is 9.10. The van der Waals surface area contributed by atoms with Gasteiger partial charge < -0.3 is 5.73 Å². The molecule has 0 aliphatic carbocycles. The second-order valence-corrected chi connectivity index (χ2v) is 4.39. The minimum atomic E-state index is 0.584. The van der Waals surface area contributed by atoms with Crippen molar-refractivity contribution >= 4 is 27.3 Å². The molecule has 0 saturated carbocycles. The molecule has 1 nitrogen and oxygen atoms in total. The van der Waals surface area contributed by atoms with Gasteiger partial charge in [0, 0.05) is 9.85 Å². The van der Waals surface area contributed by atoms with Crippen molar-refractivity contribution in [2.24, 2.45) is 11.7 Å². The van der Waals surface area contributed by atoms with Crippen molar-refractivity contribution in [3.8, 4) is 0 Å². The Morgan fingerprint density at radius 1 is 1.64 bits per heavy atom. The van der Waals surface area contributed by atoms with E-state index in [0.717, 1.165) is 13.0 Å². The SMILES string of the molecule is CC(CN)Cc1cscc1Br. The molecule has 0 fully saturated rings. The first-order valence-electron chi connectivity index (χ1n) is 3.64. The van der Waals surface area contributed by atoms with Crippen LogP contribution in [0.1, 0.15) is 12.5 Å². The van der Waals surface area contributed by atoms with Gasteiger partial charge in [0.1, 0.15) is 0 Å². The largest absolute Gasteiger partial charge is 0.330 e. The fourth-order valence-electron chi connectivity index (χ4n) is 0.912. The quantitative estimate of drug-likeness (QED) is 0.854. The summed E-state index contributed by atoms with van der Waals surface area (Å²) in [4.78, 5) is 0. The van der Waals surface area contributed by atoms with Crippen LogP contribution >= 0.6 is 27.3 Å². The van der Waals surface area contributed by atoms with Crippen LogP contribution in [0.3, 0.4) is 0 Å². The molecule has 0 saturated heterocycles. The molecule has 3 heteroatoms. The number of rotatable bonds is 3. The molecule has 0 aliphatic rings. The molecule has 0 aliphatic heterocycles. The molecule has 1 atom stereocenters. The summed E-state index contributed by atoms with van der Waals surface area (Å²) in [5.41, 5.74) is 6.91. The van der Waals surface area contributed by atoms with Gasteiger partial charge in [-0.15, -0.1) is 0 Å². The summed E-state index contributed by atoms with van der Waals surface area (Å²) in [7, 11) is 0. The van der Waals surface area contributed by atoms with Crippen LogP contribution in [0.4, 0.5) is 0 Å². The summed E-state index contributed by atoms with van der Waals surface area (Å²) >= 11 is 5.22. The van der Waals surface area contributed by atoms with Gasteiger partial charge in [0.25, 0.3) is 0 Å². The van der Waals surface area contributed by atoms with Crippen molar-refractivity contribution in [3.63, 3.8) is 0 Å². The Kier molecular flexibility index (Phi) is 3.55. The molecule has 62 valence electrons. The molecule has 0 radical (unpaired) electrons. The predicted molar refractivity (Wildman–Crippen MR) is 53.9 cm³/mol. The Hall–Kier alpha value is 0.140. The minimum Gasteiger partial charge on any atom is -0.330 e. The highest BCUT2D eigenvalue weighted by atomic mass is 79.9. The van der Waals surface area contributed by atoms with E-state index in [1.54, 1.807) is 11.3 Å². The summed E-state index contributed by atoms with van der Waals surface area (Å²) in [6, 6.07) is 0. The van der Waals surface area contributed by atoms with Gasteiger partial charge in [-0.2, -0.15) is 11.3 Å². The van der Waals surface area contributed by atoms with E-state index in [2.05, 4.69) is 33.6 Å². The Balaban J connectivity index is 2.56. The maximum Gasteiger partial charge on any atom is 0.0314 e. The summed E-state index contributed by atoms with van der Waals surface area (Å²) in [5.74, 6) is 0.584. The van der Waals surface area contributed by atoms with E-state index in [9.17, 15) is 0 Å². The van der Waals surface area contributed by atoms with E-state index >= 15 is 0 Å².